The van der Waals surface area contributed by atoms with Crippen molar-refractivity contribution in [3.63, 3.8) is 0 Å². The molecule has 0 radical (unpaired) electrons. The maximum Gasteiger partial charge on any atom is 0.0587 e. The first-order chi connectivity index (χ1) is 9.77. The van der Waals surface area contributed by atoms with Gasteiger partial charge in [0.25, 0.3) is 0 Å². The molecule has 0 aliphatic heterocycles. The van der Waals surface area contributed by atoms with Crippen molar-refractivity contribution in [2.24, 2.45) is 5.92 Å². The molecule has 0 aliphatic carbocycles. The van der Waals surface area contributed by atoms with Crippen LogP contribution in [0.1, 0.15) is 38.2 Å². The van der Waals surface area contributed by atoms with Crippen LogP contribution in [-0.4, -0.2) is 26.8 Å². The number of nitrogens with one attached hydrogen (secondary N) is 1. The van der Waals surface area contributed by atoms with Gasteiger partial charge in [-0.1, -0.05) is 56.0 Å². The van der Waals surface area contributed by atoms with Gasteiger partial charge in [0.05, 0.1) is 6.61 Å². The Balaban J connectivity index is 2.46. The van der Waals surface area contributed by atoms with Crippen LogP contribution in [0.2, 0.25) is 5.02 Å². The van der Waals surface area contributed by atoms with Gasteiger partial charge in [-0.05, 0) is 36.9 Å². The topological polar surface area (TPSA) is 21.3 Å². The van der Waals surface area contributed by atoms with Crippen LogP contribution in [0.25, 0.3) is 0 Å². The molecule has 0 heterocycles. The van der Waals surface area contributed by atoms with E-state index in [1.165, 1.54) is 31.2 Å². The summed E-state index contributed by atoms with van der Waals surface area (Å²) >= 11 is 6.27. The van der Waals surface area contributed by atoms with E-state index < -0.39 is 0 Å². The molecule has 0 fully saturated rings. The zero-order valence-corrected chi connectivity index (χ0v) is 13.6. The molecule has 20 heavy (non-hydrogen) atoms. The van der Waals surface area contributed by atoms with Crippen molar-refractivity contribution in [1.82, 2.24) is 5.32 Å². The molecule has 2 nitrogen and oxygen atoms in total. The zero-order chi connectivity index (χ0) is 14.6. The Kier molecular flexibility index (Phi) is 9.73. The van der Waals surface area contributed by atoms with Crippen molar-refractivity contribution >= 4 is 11.6 Å². The molecule has 0 amide bonds. The molecule has 1 N–H and O–H groups in total. The number of rotatable bonds is 11. The summed E-state index contributed by atoms with van der Waals surface area (Å²) in [7, 11) is 1.74. The summed E-state index contributed by atoms with van der Waals surface area (Å²) in [6.07, 6.45) is 6.22. The predicted molar refractivity (Wildman–Crippen MR) is 87.5 cm³/mol. The van der Waals surface area contributed by atoms with Crippen molar-refractivity contribution in [2.75, 3.05) is 26.8 Å². The first-order valence-corrected chi connectivity index (χ1v) is 8.08. The van der Waals surface area contributed by atoms with Gasteiger partial charge in [-0.15, -0.1) is 0 Å². The highest BCUT2D eigenvalue weighted by Gasteiger charge is 2.11. The third-order valence-electron chi connectivity index (χ3n) is 3.60. The number of benzene rings is 1. The van der Waals surface area contributed by atoms with Gasteiger partial charge in [-0.3, -0.25) is 0 Å². The standard InChI is InChI=1S/C17H28ClNO/c1-3-4-5-8-15(14-19-11-12-20-2)13-16-9-6-7-10-17(16)18/h6-7,9-10,15,19H,3-5,8,11-14H2,1-2H3. The SMILES string of the molecule is CCCCCC(CNCCOC)Cc1ccccc1Cl. The number of methoxy groups -OCH3 is 1. The van der Waals surface area contributed by atoms with Crippen LogP contribution in [0.4, 0.5) is 0 Å². The maximum absolute atomic E-state index is 6.27. The Hall–Kier alpha value is -0.570. The molecule has 114 valence electrons. The van der Waals surface area contributed by atoms with Gasteiger partial charge in [0.1, 0.15) is 0 Å². The molecule has 0 saturated heterocycles. The summed E-state index contributed by atoms with van der Waals surface area (Å²) in [5, 5.41) is 4.38. The molecule has 0 aliphatic rings. The normalized spacial score (nSPS) is 12.6. The minimum Gasteiger partial charge on any atom is -0.383 e. The molecule has 1 aromatic carbocycles. The predicted octanol–water partition coefficient (Wildman–Crippen LogP) is 4.32. The van der Waals surface area contributed by atoms with Gasteiger partial charge >= 0.3 is 0 Å². The fraction of sp³-hybridized carbons (Fsp3) is 0.647. The lowest BCUT2D eigenvalue weighted by molar-refractivity contribution is 0.197. The number of hydrogen-bond donors (Lipinski definition) is 1. The van der Waals surface area contributed by atoms with E-state index in [0.29, 0.717) is 5.92 Å². The van der Waals surface area contributed by atoms with Gasteiger partial charge < -0.3 is 10.1 Å². The van der Waals surface area contributed by atoms with E-state index in [1.54, 1.807) is 7.11 Å². The molecule has 0 bridgehead atoms. The van der Waals surface area contributed by atoms with Crippen molar-refractivity contribution < 1.29 is 4.74 Å². The Morgan fingerprint density at radius 1 is 1.25 bits per heavy atom. The Morgan fingerprint density at radius 2 is 2.05 bits per heavy atom. The smallest absolute Gasteiger partial charge is 0.0587 e. The van der Waals surface area contributed by atoms with E-state index in [1.807, 2.05) is 12.1 Å². The van der Waals surface area contributed by atoms with Crippen LogP contribution in [0.5, 0.6) is 0 Å². The molecule has 1 aromatic rings. The highest BCUT2D eigenvalue weighted by Crippen LogP contribution is 2.21. The summed E-state index contributed by atoms with van der Waals surface area (Å²) in [4.78, 5) is 0. The van der Waals surface area contributed by atoms with Crippen molar-refractivity contribution in [1.29, 1.82) is 0 Å². The van der Waals surface area contributed by atoms with Crippen LogP contribution in [0.15, 0.2) is 24.3 Å². The molecule has 3 heteroatoms. The van der Waals surface area contributed by atoms with Gasteiger partial charge in [0.15, 0.2) is 0 Å². The van der Waals surface area contributed by atoms with Crippen molar-refractivity contribution in [3.8, 4) is 0 Å². The molecule has 0 spiro atoms. The Morgan fingerprint density at radius 3 is 2.75 bits per heavy atom. The van der Waals surface area contributed by atoms with E-state index >= 15 is 0 Å². The number of ether oxygens (including phenoxy) is 1. The van der Waals surface area contributed by atoms with E-state index in [4.69, 9.17) is 16.3 Å². The lowest BCUT2D eigenvalue weighted by Gasteiger charge is -2.18. The highest BCUT2D eigenvalue weighted by atomic mass is 35.5. The molecule has 1 atom stereocenters. The number of unbranched alkanes of at least 4 members (excludes halogenated alkanes) is 2. The molecular weight excluding hydrogens is 270 g/mol. The van der Waals surface area contributed by atoms with Crippen molar-refractivity contribution in [2.45, 2.75) is 39.0 Å². The summed E-state index contributed by atoms with van der Waals surface area (Å²) in [5.41, 5.74) is 1.27. The lowest BCUT2D eigenvalue weighted by atomic mass is 9.93. The summed E-state index contributed by atoms with van der Waals surface area (Å²) in [6, 6.07) is 8.19. The highest BCUT2D eigenvalue weighted by molar-refractivity contribution is 6.31. The third-order valence-corrected chi connectivity index (χ3v) is 3.97. The summed E-state index contributed by atoms with van der Waals surface area (Å²) < 4.78 is 5.08. The van der Waals surface area contributed by atoms with Gasteiger partial charge in [-0.25, -0.2) is 0 Å². The van der Waals surface area contributed by atoms with Crippen LogP contribution in [-0.2, 0) is 11.2 Å². The fourth-order valence-electron chi connectivity index (χ4n) is 2.41. The second kappa shape index (κ2) is 11.1. The second-order valence-electron chi connectivity index (χ2n) is 5.35. The molecule has 0 saturated carbocycles. The van der Waals surface area contributed by atoms with Gasteiger partial charge in [0, 0.05) is 18.7 Å². The van der Waals surface area contributed by atoms with Crippen LogP contribution >= 0.6 is 11.6 Å². The van der Waals surface area contributed by atoms with Crippen molar-refractivity contribution in [3.05, 3.63) is 34.9 Å². The lowest BCUT2D eigenvalue weighted by Crippen LogP contribution is -2.27. The Labute approximate surface area is 128 Å². The average molecular weight is 298 g/mol. The number of halogens is 1. The van der Waals surface area contributed by atoms with E-state index in [9.17, 15) is 0 Å². The van der Waals surface area contributed by atoms with Gasteiger partial charge in [0.2, 0.25) is 0 Å². The first-order valence-electron chi connectivity index (χ1n) is 7.71. The van der Waals surface area contributed by atoms with E-state index in [0.717, 1.165) is 31.1 Å². The molecule has 1 rings (SSSR count). The van der Waals surface area contributed by atoms with Crippen LogP contribution in [0.3, 0.4) is 0 Å². The Bertz CT molecular complexity index is 357. The molecule has 0 aromatic heterocycles. The van der Waals surface area contributed by atoms with E-state index in [-0.39, 0.29) is 0 Å². The third kappa shape index (κ3) is 7.28. The first kappa shape index (κ1) is 17.5. The largest absolute Gasteiger partial charge is 0.383 e. The van der Waals surface area contributed by atoms with Crippen LogP contribution in [0, 0.1) is 5.92 Å². The monoisotopic (exact) mass is 297 g/mol. The second-order valence-corrected chi connectivity index (χ2v) is 5.76. The van der Waals surface area contributed by atoms with Crippen LogP contribution < -0.4 is 5.32 Å². The van der Waals surface area contributed by atoms with Gasteiger partial charge in [-0.2, -0.15) is 0 Å². The minimum absolute atomic E-state index is 0.651. The quantitative estimate of drug-likeness (QED) is 0.614. The summed E-state index contributed by atoms with van der Waals surface area (Å²) in [6.45, 7) is 4.98. The minimum atomic E-state index is 0.651. The van der Waals surface area contributed by atoms with E-state index in [2.05, 4.69) is 24.4 Å². The number of hydrogen-bond acceptors (Lipinski definition) is 2. The molecule has 1 unspecified atom stereocenters. The maximum atomic E-state index is 6.27. The summed E-state index contributed by atoms with van der Waals surface area (Å²) in [5.74, 6) is 0.651. The average Bonchev–Trinajstić information content (AvgIpc) is 2.46. The fourth-order valence-corrected chi connectivity index (χ4v) is 2.63. The molecular formula is C17H28ClNO. The zero-order valence-electron chi connectivity index (χ0n) is 12.8.